The first kappa shape index (κ1) is 16.6. The van der Waals surface area contributed by atoms with Crippen LogP contribution in [0.5, 0.6) is 0 Å². The number of carbonyl (C=O) groups excluding carboxylic acids is 1. The van der Waals surface area contributed by atoms with Gasteiger partial charge in [0, 0.05) is 57.2 Å². The van der Waals surface area contributed by atoms with E-state index in [9.17, 15) is 4.79 Å². The molecule has 0 aliphatic carbocycles. The molecule has 22 heavy (non-hydrogen) atoms. The molecule has 1 N–H and O–H groups in total. The number of amides is 1. The largest absolute Gasteiger partial charge is 0.351 e. The van der Waals surface area contributed by atoms with E-state index in [-0.39, 0.29) is 5.91 Å². The summed E-state index contributed by atoms with van der Waals surface area (Å²) in [5.41, 5.74) is 0.980. The maximum Gasteiger partial charge on any atom is 0.244 e. The van der Waals surface area contributed by atoms with Crippen molar-refractivity contribution >= 4 is 12.0 Å². The Labute approximate surface area is 133 Å². The lowest BCUT2D eigenvalue weighted by Gasteiger charge is -2.37. The van der Waals surface area contributed by atoms with Gasteiger partial charge in [-0.15, -0.1) is 0 Å². The second kappa shape index (κ2) is 8.66. The average molecular weight is 302 g/mol. The van der Waals surface area contributed by atoms with E-state index in [1.54, 1.807) is 18.5 Å². The van der Waals surface area contributed by atoms with Crippen molar-refractivity contribution in [2.45, 2.75) is 19.9 Å². The summed E-state index contributed by atoms with van der Waals surface area (Å²) in [6.45, 7) is 10.6. The van der Waals surface area contributed by atoms with Gasteiger partial charge in [-0.3, -0.25) is 14.7 Å². The molecule has 1 amide bonds. The summed E-state index contributed by atoms with van der Waals surface area (Å²) in [4.78, 5) is 20.7. The number of hydrogen-bond donors (Lipinski definition) is 1. The van der Waals surface area contributed by atoms with Crippen LogP contribution in [0.2, 0.25) is 0 Å². The molecule has 5 heteroatoms. The molecule has 0 saturated carbocycles. The molecule has 2 heterocycles. The van der Waals surface area contributed by atoms with Crippen LogP contribution in [0.1, 0.15) is 19.4 Å². The molecule has 2 rings (SSSR count). The molecule has 0 radical (unpaired) electrons. The van der Waals surface area contributed by atoms with Crippen LogP contribution in [0.15, 0.2) is 30.6 Å². The number of pyridine rings is 1. The Bertz CT molecular complexity index is 481. The molecule has 1 aliphatic heterocycles. The van der Waals surface area contributed by atoms with Crippen LogP contribution in [-0.4, -0.2) is 66.0 Å². The number of rotatable bonds is 6. The zero-order chi connectivity index (χ0) is 15.8. The second-order valence-electron chi connectivity index (χ2n) is 5.68. The van der Waals surface area contributed by atoms with Crippen molar-refractivity contribution in [2.75, 3.05) is 39.3 Å². The minimum absolute atomic E-state index is 0.0455. The Morgan fingerprint density at radius 2 is 2.00 bits per heavy atom. The second-order valence-corrected chi connectivity index (χ2v) is 5.68. The van der Waals surface area contributed by atoms with Crippen molar-refractivity contribution in [1.82, 2.24) is 20.1 Å². The quantitative estimate of drug-likeness (QED) is 0.803. The molecule has 0 bridgehead atoms. The van der Waals surface area contributed by atoms with Crippen LogP contribution in [-0.2, 0) is 4.79 Å². The van der Waals surface area contributed by atoms with Gasteiger partial charge in [0.25, 0.3) is 0 Å². The van der Waals surface area contributed by atoms with E-state index >= 15 is 0 Å². The van der Waals surface area contributed by atoms with Gasteiger partial charge in [0.05, 0.1) is 0 Å². The van der Waals surface area contributed by atoms with Gasteiger partial charge >= 0.3 is 0 Å². The molecule has 0 spiro atoms. The van der Waals surface area contributed by atoms with Crippen molar-refractivity contribution in [1.29, 1.82) is 0 Å². The van der Waals surface area contributed by atoms with Gasteiger partial charge in [-0.25, -0.2) is 0 Å². The molecule has 120 valence electrons. The summed E-state index contributed by atoms with van der Waals surface area (Å²) in [6.07, 6.45) is 6.82. The maximum atomic E-state index is 11.9. The van der Waals surface area contributed by atoms with Crippen LogP contribution in [0.4, 0.5) is 0 Å². The number of likely N-dealkylation sites (N-methyl/N-ethyl adjacent to an activating group) is 1. The molecule has 1 aromatic heterocycles. The van der Waals surface area contributed by atoms with Gasteiger partial charge in [0.2, 0.25) is 5.91 Å². The van der Waals surface area contributed by atoms with Crippen molar-refractivity contribution in [3.63, 3.8) is 0 Å². The first-order valence-corrected chi connectivity index (χ1v) is 8.01. The third-order valence-electron chi connectivity index (χ3n) is 4.18. The molecule has 1 fully saturated rings. The normalized spacial score (nSPS) is 18.5. The van der Waals surface area contributed by atoms with Crippen LogP contribution in [0.3, 0.4) is 0 Å². The monoisotopic (exact) mass is 302 g/mol. The van der Waals surface area contributed by atoms with E-state index in [1.807, 2.05) is 18.2 Å². The Hall–Kier alpha value is -1.72. The van der Waals surface area contributed by atoms with E-state index in [0.717, 1.165) is 38.3 Å². The Morgan fingerprint density at radius 1 is 1.32 bits per heavy atom. The smallest absolute Gasteiger partial charge is 0.244 e. The first-order valence-electron chi connectivity index (χ1n) is 8.01. The summed E-state index contributed by atoms with van der Waals surface area (Å²) < 4.78 is 0. The molecule has 1 aliphatic rings. The van der Waals surface area contributed by atoms with E-state index < -0.39 is 0 Å². The number of carbonyl (C=O) groups is 1. The predicted molar refractivity (Wildman–Crippen MR) is 89.4 cm³/mol. The van der Waals surface area contributed by atoms with Crippen molar-refractivity contribution in [3.8, 4) is 0 Å². The Kier molecular flexibility index (Phi) is 6.55. The summed E-state index contributed by atoms with van der Waals surface area (Å²) >= 11 is 0. The van der Waals surface area contributed by atoms with Gasteiger partial charge in [-0.1, -0.05) is 6.92 Å². The predicted octanol–water partition coefficient (Wildman–Crippen LogP) is 1.24. The zero-order valence-electron chi connectivity index (χ0n) is 13.5. The standard InChI is InChI=1S/C17H26N4O/c1-3-20-10-12-21(13-11-20)15(2)14-19-17(22)5-4-16-6-8-18-9-7-16/h4-9,15H,3,10-14H2,1-2H3,(H,19,22)/b5-4+/t15-/m1/s1. The third-order valence-corrected chi connectivity index (χ3v) is 4.18. The van der Waals surface area contributed by atoms with E-state index in [1.165, 1.54) is 0 Å². The van der Waals surface area contributed by atoms with Gasteiger partial charge in [0.15, 0.2) is 0 Å². The number of hydrogen-bond acceptors (Lipinski definition) is 4. The lowest BCUT2D eigenvalue weighted by Crippen LogP contribution is -2.52. The minimum atomic E-state index is -0.0455. The fourth-order valence-electron chi connectivity index (χ4n) is 2.60. The van der Waals surface area contributed by atoms with Gasteiger partial charge in [-0.05, 0) is 37.2 Å². The molecule has 1 aromatic rings. The van der Waals surface area contributed by atoms with Gasteiger partial charge in [0.1, 0.15) is 0 Å². The summed E-state index contributed by atoms with van der Waals surface area (Å²) in [5, 5.41) is 2.98. The molecular formula is C17H26N4O. The number of aromatic nitrogens is 1. The highest BCUT2D eigenvalue weighted by molar-refractivity contribution is 5.91. The van der Waals surface area contributed by atoms with Crippen molar-refractivity contribution < 1.29 is 4.79 Å². The Morgan fingerprint density at radius 3 is 2.64 bits per heavy atom. The average Bonchev–Trinajstić information content (AvgIpc) is 2.58. The fraction of sp³-hybridized carbons (Fsp3) is 0.529. The molecular weight excluding hydrogens is 276 g/mol. The fourth-order valence-corrected chi connectivity index (χ4v) is 2.60. The topological polar surface area (TPSA) is 48.5 Å². The van der Waals surface area contributed by atoms with Crippen molar-refractivity contribution in [2.24, 2.45) is 0 Å². The molecule has 0 unspecified atom stereocenters. The Balaban J connectivity index is 1.71. The van der Waals surface area contributed by atoms with Gasteiger partial charge < -0.3 is 10.2 Å². The van der Waals surface area contributed by atoms with Crippen LogP contribution < -0.4 is 5.32 Å². The summed E-state index contributed by atoms with van der Waals surface area (Å²) in [5.74, 6) is -0.0455. The van der Waals surface area contributed by atoms with Gasteiger partial charge in [-0.2, -0.15) is 0 Å². The highest BCUT2D eigenvalue weighted by Crippen LogP contribution is 2.05. The SMILES string of the molecule is CCN1CCN([C@H](C)CNC(=O)/C=C/c2ccncc2)CC1. The van der Waals surface area contributed by atoms with E-state index in [4.69, 9.17) is 0 Å². The van der Waals surface area contributed by atoms with Crippen LogP contribution in [0.25, 0.3) is 6.08 Å². The third kappa shape index (κ3) is 5.24. The molecule has 5 nitrogen and oxygen atoms in total. The lowest BCUT2D eigenvalue weighted by molar-refractivity contribution is -0.116. The van der Waals surface area contributed by atoms with Crippen LogP contribution >= 0.6 is 0 Å². The lowest BCUT2D eigenvalue weighted by atomic mass is 10.2. The highest BCUT2D eigenvalue weighted by atomic mass is 16.1. The maximum absolute atomic E-state index is 11.9. The minimum Gasteiger partial charge on any atom is -0.351 e. The summed E-state index contributed by atoms with van der Waals surface area (Å²) in [7, 11) is 0. The molecule has 1 saturated heterocycles. The molecule has 0 aromatic carbocycles. The van der Waals surface area contributed by atoms with Crippen molar-refractivity contribution in [3.05, 3.63) is 36.2 Å². The van der Waals surface area contributed by atoms with E-state index in [0.29, 0.717) is 12.6 Å². The highest BCUT2D eigenvalue weighted by Gasteiger charge is 2.20. The number of nitrogens with zero attached hydrogens (tertiary/aromatic N) is 3. The summed E-state index contributed by atoms with van der Waals surface area (Å²) in [6, 6.07) is 4.12. The zero-order valence-corrected chi connectivity index (χ0v) is 13.5. The molecule has 1 atom stereocenters. The number of piperazine rings is 1. The first-order chi connectivity index (χ1) is 10.7. The number of nitrogens with one attached hydrogen (secondary N) is 1. The van der Waals surface area contributed by atoms with Crippen LogP contribution in [0, 0.1) is 0 Å². The van der Waals surface area contributed by atoms with E-state index in [2.05, 4.69) is 33.9 Å².